The van der Waals surface area contributed by atoms with Gasteiger partial charge in [0.15, 0.2) is 0 Å². The fourth-order valence-electron chi connectivity index (χ4n) is 2.42. The van der Waals surface area contributed by atoms with E-state index >= 15 is 0 Å². The maximum Gasteiger partial charge on any atom is 0.255 e. The number of hydrogen-bond acceptors (Lipinski definition) is 2. The smallest absolute Gasteiger partial charge is 0.255 e. The second kappa shape index (κ2) is 10.1. The van der Waals surface area contributed by atoms with Crippen LogP contribution < -0.4 is 10.1 Å². The summed E-state index contributed by atoms with van der Waals surface area (Å²) in [7, 11) is 0. The summed E-state index contributed by atoms with van der Waals surface area (Å²) in [5.74, 6) is 0.351. The van der Waals surface area contributed by atoms with Gasteiger partial charge in [0.2, 0.25) is 6.43 Å². The highest BCUT2D eigenvalue weighted by atomic mass is 35.5. The second-order valence-electron chi connectivity index (χ2n) is 6.40. The Morgan fingerprint density at radius 3 is 2.63 bits per heavy atom. The van der Waals surface area contributed by atoms with E-state index in [0.29, 0.717) is 46.0 Å². The van der Waals surface area contributed by atoms with Crippen LogP contribution in [-0.4, -0.2) is 18.9 Å². The summed E-state index contributed by atoms with van der Waals surface area (Å²) in [6.07, 6.45) is 1.39. The average Bonchev–Trinajstić information content (AvgIpc) is 3.47. The van der Waals surface area contributed by atoms with E-state index in [1.165, 1.54) is 18.2 Å². The molecule has 148 valence electrons. The van der Waals surface area contributed by atoms with Gasteiger partial charge < -0.3 is 10.1 Å². The number of ether oxygens (including phenoxy) is 1. The number of benzene rings is 1. The molecule has 0 heterocycles. The van der Waals surface area contributed by atoms with E-state index in [9.17, 15) is 13.6 Å². The molecule has 1 aliphatic rings. The Bertz CT molecular complexity index is 743. The van der Waals surface area contributed by atoms with Crippen molar-refractivity contribution in [2.24, 2.45) is 5.92 Å². The number of hydrogen-bond donors (Lipinski definition) is 1. The first-order chi connectivity index (χ1) is 12.8. The molecule has 1 amide bonds. The Labute approximate surface area is 168 Å². The highest BCUT2D eigenvalue weighted by Crippen LogP contribution is 2.31. The SMILES string of the molecule is C/C=C(Cl)\C(NC(=O)c1ccc(CC(F)F)c(OCC2CC2)c1)=C(\Cl)CC. The third-order valence-electron chi connectivity index (χ3n) is 4.19. The second-order valence-corrected chi connectivity index (χ2v) is 7.26. The van der Waals surface area contributed by atoms with Gasteiger partial charge in [-0.15, -0.1) is 0 Å². The highest BCUT2D eigenvalue weighted by molar-refractivity contribution is 6.35. The van der Waals surface area contributed by atoms with E-state index in [0.717, 1.165) is 12.8 Å². The zero-order valence-corrected chi connectivity index (χ0v) is 16.8. The van der Waals surface area contributed by atoms with Crippen molar-refractivity contribution < 1.29 is 18.3 Å². The first-order valence-electron chi connectivity index (χ1n) is 8.91. The van der Waals surface area contributed by atoms with Crippen LogP contribution >= 0.6 is 23.2 Å². The standard InChI is InChI=1S/C20H23Cl2F2NO2/c1-3-15(21)19(16(22)4-2)25-20(26)14-8-7-13(10-18(23)24)17(9-14)27-11-12-5-6-12/h3,7-9,12,18H,4-6,10-11H2,1-2H3,(H,25,26)/b15-3+,19-16-. The van der Waals surface area contributed by atoms with Gasteiger partial charge in [0.1, 0.15) is 5.75 Å². The van der Waals surface area contributed by atoms with Crippen LogP contribution in [0.3, 0.4) is 0 Å². The van der Waals surface area contributed by atoms with E-state index in [-0.39, 0.29) is 5.56 Å². The maximum absolute atomic E-state index is 12.8. The summed E-state index contributed by atoms with van der Waals surface area (Å²) in [5, 5.41) is 3.45. The summed E-state index contributed by atoms with van der Waals surface area (Å²) in [4.78, 5) is 12.6. The molecule has 7 heteroatoms. The summed E-state index contributed by atoms with van der Waals surface area (Å²) in [6.45, 7) is 4.05. The van der Waals surface area contributed by atoms with E-state index in [1.807, 2.05) is 6.92 Å². The maximum atomic E-state index is 12.8. The zero-order valence-electron chi connectivity index (χ0n) is 15.3. The molecule has 1 saturated carbocycles. The van der Waals surface area contributed by atoms with Gasteiger partial charge in [-0.05, 0) is 49.8 Å². The normalized spacial score (nSPS) is 15.6. The third kappa shape index (κ3) is 6.51. The monoisotopic (exact) mass is 417 g/mol. The number of amides is 1. The molecular weight excluding hydrogens is 395 g/mol. The molecule has 0 aromatic heterocycles. The molecule has 0 unspecified atom stereocenters. The molecule has 0 spiro atoms. The molecular formula is C20H23Cl2F2NO2. The minimum Gasteiger partial charge on any atom is -0.493 e. The van der Waals surface area contributed by atoms with Gasteiger partial charge in [-0.1, -0.05) is 42.3 Å². The molecule has 0 radical (unpaired) electrons. The number of carbonyl (C=O) groups excluding carboxylic acids is 1. The molecule has 1 fully saturated rings. The number of alkyl halides is 2. The molecule has 0 aliphatic heterocycles. The van der Waals surface area contributed by atoms with Crippen LogP contribution in [0.1, 0.15) is 49.0 Å². The molecule has 0 atom stereocenters. The number of halogens is 4. The summed E-state index contributed by atoms with van der Waals surface area (Å²) < 4.78 is 31.4. The molecule has 0 bridgehead atoms. The van der Waals surface area contributed by atoms with Gasteiger partial charge in [-0.2, -0.15) is 0 Å². The topological polar surface area (TPSA) is 38.3 Å². The lowest BCUT2D eigenvalue weighted by Crippen LogP contribution is -2.24. The molecule has 2 rings (SSSR count). The van der Waals surface area contributed by atoms with E-state index in [1.54, 1.807) is 13.0 Å². The Morgan fingerprint density at radius 1 is 1.37 bits per heavy atom. The molecule has 1 N–H and O–H groups in total. The number of nitrogens with one attached hydrogen (secondary N) is 1. The van der Waals surface area contributed by atoms with Gasteiger partial charge in [-0.25, -0.2) is 8.78 Å². The fourth-order valence-corrected chi connectivity index (χ4v) is 2.78. The number of carbonyl (C=O) groups is 1. The number of allylic oxidation sites excluding steroid dienone is 3. The Kier molecular flexibility index (Phi) is 8.11. The average molecular weight is 418 g/mol. The lowest BCUT2D eigenvalue weighted by Gasteiger charge is -2.15. The van der Waals surface area contributed by atoms with Gasteiger partial charge in [0.05, 0.1) is 17.3 Å². The predicted molar refractivity (Wildman–Crippen MR) is 105 cm³/mol. The summed E-state index contributed by atoms with van der Waals surface area (Å²) in [5.41, 5.74) is 1.01. The van der Waals surface area contributed by atoms with Crippen LogP contribution in [-0.2, 0) is 6.42 Å². The van der Waals surface area contributed by atoms with Crippen LogP contribution in [0.5, 0.6) is 5.75 Å². The summed E-state index contributed by atoms with van der Waals surface area (Å²) in [6, 6.07) is 4.50. The van der Waals surface area contributed by atoms with E-state index < -0.39 is 18.8 Å². The highest BCUT2D eigenvalue weighted by Gasteiger charge is 2.23. The van der Waals surface area contributed by atoms with Crippen molar-refractivity contribution in [3.8, 4) is 5.75 Å². The molecule has 1 aliphatic carbocycles. The Balaban J connectivity index is 2.24. The molecule has 0 saturated heterocycles. The molecule has 27 heavy (non-hydrogen) atoms. The lowest BCUT2D eigenvalue weighted by atomic mass is 10.1. The van der Waals surface area contributed by atoms with Crippen molar-refractivity contribution in [1.82, 2.24) is 5.32 Å². The van der Waals surface area contributed by atoms with Crippen LogP contribution in [0.25, 0.3) is 0 Å². The van der Waals surface area contributed by atoms with Gasteiger partial charge in [-0.3, -0.25) is 4.79 Å². The van der Waals surface area contributed by atoms with Crippen LogP contribution in [0.2, 0.25) is 0 Å². The fraction of sp³-hybridized carbons (Fsp3) is 0.450. The largest absolute Gasteiger partial charge is 0.493 e. The molecule has 1 aromatic rings. The van der Waals surface area contributed by atoms with Crippen molar-refractivity contribution >= 4 is 29.1 Å². The Hall–Kier alpha value is -1.59. The van der Waals surface area contributed by atoms with Gasteiger partial charge >= 0.3 is 0 Å². The summed E-state index contributed by atoms with van der Waals surface area (Å²) >= 11 is 12.3. The van der Waals surface area contributed by atoms with Crippen molar-refractivity contribution in [2.45, 2.75) is 46.0 Å². The van der Waals surface area contributed by atoms with Crippen molar-refractivity contribution in [3.05, 3.63) is 51.2 Å². The Morgan fingerprint density at radius 2 is 2.07 bits per heavy atom. The third-order valence-corrected chi connectivity index (χ3v) is 5.05. The first kappa shape index (κ1) is 21.7. The first-order valence-corrected chi connectivity index (χ1v) is 9.67. The minimum atomic E-state index is -2.49. The predicted octanol–water partition coefficient (Wildman–Crippen LogP) is 6.02. The van der Waals surface area contributed by atoms with Crippen molar-refractivity contribution in [1.29, 1.82) is 0 Å². The van der Waals surface area contributed by atoms with E-state index in [2.05, 4.69) is 5.32 Å². The number of rotatable bonds is 9. The minimum absolute atomic E-state index is 0.289. The van der Waals surface area contributed by atoms with Crippen LogP contribution in [0.4, 0.5) is 8.78 Å². The van der Waals surface area contributed by atoms with Gasteiger partial charge in [0, 0.05) is 17.0 Å². The van der Waals surface area contributed by atoms with Crippen LogP contribution in [0.15, 0.2) is 40.0 Å². The molecule has 3 nitrogen and oxygen atoms in total. The van der Waals surface area contributed by atoms with E-state index in [4.69, 9.17) is 27.9 Å². The lowest BCUT2D eigenvalue weighted by molar-refractivity contribution is 0.0966. The quantitative estimate of drug-likeness (QED) is 0.499. The van der Waals surface area contributed by atoms with Crippen molar-refractivity contribution in [3.63, 3.8) is 0 Å². The molecule has 1 aromatic carbocycles. The van der Waals surface area contributed by atoms with Gasteiger partial charge in [0.25, 0.3) is 5.91 Å². The van der Waals surface area contributed by atoms with Crippen molar-refractivity contribution in [2.75, 3.05) is 6.61 Å². The van der Waals surface area contributed by atoms with Crippen LogP contribution in [0, 0.1) is 5.92 Å². The zero-order chi connectivity index (χ0) is 20.0.